The number of nitrogens with one attached hydrogen (secondary N) is 1. The normalized spacial score (nSPS) is 21.3. The SMILES string of the molecule is Nc1nc(/C(=N/OCC(=O)O)C(=O)N[C@@H]2C(=O)N3C(C(=O)OC(=O)C(F)(F)F)=C(C=C4CCCN(CC(F)(F)F)C4=O)CS[C@H]23)cs1. The van der Waals surface area contributed by atoms with Crippen molar-refractivity contribution in [2.75, 3.05) is 31.2 Å². The van der Waals surface area contributed by atoms with Gasteiger partial charge in [-0.05, 0) is 24.5 Å². The molecule has 0 saturated carbocycles. The second kappa shape index (κ2) is 13.6. The lowest BCUT2D eigenvalue weighted by Crippen LogP contribution is -2.71. The number of ether oxygens (including phenoxy) is 1. The Hall–Kier alpha value is -4.67. The zero-order valence-corrected chi connectivity index (χ0v) is 24.8. The van der Waals surface area contributed by atoms with Crippen LogP contribution in [0, 0.1) is 0 Å². The number of likely N-dealkylation sites (tertiary alicyclic amines) is 1. The molecule has 0 aliphatic carbocycles. The van der Waals surface area contributed by atoms with Gasteiger partial charge in [-0.3, -0.25) is 19.3 Å². The first-order valence-electron chi connectivity index (χ1n) is 12.9. The number of amides is 3. The molecule has 23 heteroatoms. The van der Waals surface area contributed by atoms with Gasteiger partial charge in [0.25, 0.3) is 11.8 Å². The molecule has 0 spiro atoms. The monoisotopic (exact) mass is 714 g/mol. The molecule has 15 nitrogen and oxygen atoms in total. The lowest BCUT2D eigenvalue weighted by molar-refractivity contribution is -0.201. The molecule has 47 heavy (non-hydrogen) atoms. The maximum atomic E-state index is 13.3. The summed E-state index contributed by atoms with van der Waals surface area (Å²) in [6.45, 7) is -2.79. The third kappa shape index (κ3) is 8.19. The number of carbonyl (C=O) groups excluding carboxylic acids is 5. The third-order valence-corrected chi connectivity index (χ3v) is 8.35. The van der Waals surface area contributed by atoms with Crippen molar-refractivity contribution in [2.45, 2.75) is 36.6 Å². The molecule has 1 aromatic heterocycles. The number of fused-ring (bicyclic) bond motifs is 1. The Bertz CT molecular complexity index is 1610. The van der Waals surface area contributed by atoms with Crippen molar-refractivity contribution >= 4 is 69.6 Å². The molecular formula is C24H20F6N6O9S2. The van der Waals surface area contributed by atoms with Gasteiger partial charge in [-0.15, -0.1) is 23.1 Å². The Balaban J connectivity index is 1.64. The van der Waals surface area contributed by atoms with Crippen LogP contribution in [0.3, 0.4) is 0 Å². The summed E-state index contributed by atoms with van der Waals surface area (Å²) in [5.74, 6) is -9.96. The van der Waals surface area contributed by atoms with Crippen LogP contribution in [-0.4, -0.2) is 110 Å². The van der Waals surface area contributed by atoms with E-state index in [0.717, 1.165) is 29.2 Å². The Morgan fingerprint density at radius 1 is 1.19 bits per heavy atom. The Labute approximate surface area is 266 Å². The molecule has 0 unspecified atom stereocenters. The second-order valence-electron chi connectivity index (χ2n) is 9.70. The van der Waals surface area contributed by atoms with Crippen molar-refractivity contribution in [3.63, 3.8) is 0 Å². The fourth-order valence-corrected chi connectivity index (χ4v) is 6.33. The fraction of sp³-hybridized carbons (Fsp3) is 0.417. The number of alkyl halides is 6. The number of hydrogen-bond donors (Lipinski definition) is 3. The minimum absolute atomic E-state index is 0.0196. The first-order chi connectivity index (χ1) is 21.9. The number of piperidine rings is 1. The van der Waals surface area contributed by atoms with Gasteiger partial charge in [-0.25, -0.2) is 19.4 Å². The lowest BCUT2D eigenvalue weighted by Gasteiger charge is -2.49. The number of thiazole rings is 1. The number of hydrogen-bond acceptors (Lipinski definition) is 13. The van der Waals surface area contributed by atoms with Crippen LogP contribution in [0.15, 0.2) is 33.5 Å². The van der Waals surface area contributed by atoms with Gasteiger partial charge in [0.05, 0.1) is 0 Å². The maximum Gasteiger partial charge on any atom is 0.491 e. The van der Waals surface area contributed by atoms with Crippen molar-refractivity contribution in [1.29, 1.82) is 0 Å². The number of allylic oxidation sites excluding steroid dienone is 1. The van der Waals surface area contributed by atoms with Crippen LogP contribution in [0.5, 0.6) is 0 Å². The number of halogens is 6. The van der Waals surface area contributed by atoms with E-state index in [9.17, 15) is 55.1 Å². The number of anilines is 1. The van der Waals surface area contributed by atoms with Gasteiger partial charge in [0.2, 0.25) is 12.5 Å². The molecule has 3 aliphatic heterocycles. The number of nitrogens with zero attached hydrogens (tertiary/aromatic N) is 4. The predicted molar refractivity (Wildman–Crippen MR) is 146 cm³/mol. The van der Waals surface area contributed by atoms with Crippen LogP contribution in [0.2, 0.25) is 0 Å². The minimum atomic E-state index is -5.62. The molecule has 3 amide bonds. The van der Waals surface area contributed by atoms with E-state index in [1.807, 2.05) is 0 Å². The number of carboxylic acid groups (broad SMARTS) is 1. The molecule has 2 fully saturated rings. The molecule has 3 aliphatic rings. The Kier molecular flexibility index (Phi) is 10.2. The van der Waals surface area contributed by atoms with Crippen LogP contribution in [0.4, 0.5) is 31.5 Å². The average Bonchev–Trinajstić information content (AvgIpc) is 3.39. The van der Waals surface area contributed by atoms with E-state index in [1.54, 1.807) is 0 Å². The van der Waals surface area contributed by atoms with Crippen LogP contribution in [-0.2, 0) is 38.3 Å². The number of thioether (sulfide) groups is 1. The summed E-state index contributed by atoms with van der Waals surface area (Å²) in [4.78, 5) is 83.8. The van der Waals surface area contributed by atoms with Gasteiger partial charge < -0.3 is 30.6 Å². The number of nitrogen functional groups attached to an aromatic ring is 1. The van der Waals surface area contributed by atoms with E-state index >= 15 is 0 Å². The number of esters is 2. The largest absolute Gasteiger partial charge is 0.491 e. The molecule has 4 rings (SSSR count). The predicted octanol–water partition coefficient (Wildman–Crippen LogP) is 0.928. The van der Waals surface area contributed by atoms with Gasteiger partial charge in [0, 0.05) is 23.3 Å². The summed E-state index contributed by atoms with van der Waals surface area (Å²) in [7, 11) is 0. The van der Waals surface area contributed by atoms with Gasteiger partial charge in [0.15, 0.2) is 10.8 Å². The molecule has 254 valence electrons. The van der Waals surface area contributed by atoms with Gasteiger partial charge in [0.1, 0.15) is 29.4 Å². The van der Waals surface area contributed by atoms with Crippen molar-refractivity contribution < 1.29 is 69.8 Å². The molecule has 2 saturated heterocycles. The van der Waals surface area contributed by atoms with Crippen molar-refractivity contribution in [2.24, 2.45) is 5.16 Å². The molecular weight excluding hydrogens is 694 g/mol. The van der Waals surface area contributed by atoms with Crippen LogP contribution >= 0.6 is 23.1 Å². The second-order valence-corrected chi connectivity index (χ2v) is 11.7. The molecule has 1 aromatic rings. The minimum Gasteiger partial charge on any atom is -0.479 e. The van der Waals surface area contributed by atoms with Gasteiger partial charge in [-0.1, -0.05) is 5.16 Å². The molecule has 2 atom stereocenters. The van der Waals surface area contributed by atoms with E-state index in [1.165, 1.54) is 5.38 Å². The van der Waals surface area contributed by atoms with Crippen molar-refractivity contribution in [3.05, 3.63) is 34.0 Å². The highest BCUT2D eigenvalue weighted by atomic mass is 32.2. The van der Waals surface area contributed by atoms with Crippen molar-refractivity contribution in [1.82, 2.24) is 20.1 Å². The molecule has 0 radical (unpaired) electrons. The summed E-state index contributed by atoms with van der Waals surface area (Å²) < 4.78 is 81.5. The highest BCUT2D eigenvalue weighted by Crippen LogP contribution is 2.42. The molecule has 4 heterocycles. The maximum absolute atomic E-state index is 13.3. The zero-order chi connectivity index (χ0) is 34.8. The number of rotatable bonds is 9. The fourth-order valence-electron chi connectivity index (χ4n) is 4.48. The van der Waals surface area contributed by atoms with E-state index in [0.29, 0.717) is 9.80 Å². The van der Waals surface area contributed by atoms with Gasteiger partial charge >= 0.3 is 30.3 Å². The number of carbonyl (C=O) groups is 6. The third-order valence-electron chi connectivity index (χ3n) is 6.37. The van der Waals surface area contributed by atoms with Gasteiger partial charge in [-0.2, -0.15) is 26.3 Å². The van der Waals surface area contributed by atoms with Crippen LogP contribution < -0.4 is 11.1 Å². The van der Waals surface area contributed by atoms with E-state index in [4.69, 9.17) is 10.8 Å². The number of aliphatic carboxylic acids is 1. The number of oxime groups is 1. The van der Waals surface area contributed by atoms with E-state index < -0.39 is 84.0 Å². The van der Waals surface area contributed by atoms with Crippen LogP contribution in [0.25, 0.3) is 0 Å². The number of carboxylic acids is 1. The van der Waals surface area contributed by atoms with E-state index in [2.05, 4.69) is 25.0 Å². The molecule has 0 bridgehead atoms. The quantitative estimate of drug-likeness (QED) is 0.0621. The number of β-lactam (4-membered cyclic amide) rings is 1. The standard InChI is InChI=1S/C24H20F6N6O9S2/c25-23(26,27)8-35-3-1-2-9(17(35)40)4-10-6-46-19-14(18(41)36(19)15(10)20(42)45-21(43)24(28,29)30)33-16(39)13(34-44-5-12(37)38)11-7-47-22(31)32-11/h4,7,14,19H,1-3,5-6,8H2,(H2,31,32)(H,33,39)(H,37,38)/b9-4?,34-13-/t14-,19-/m1/s1. The highest BCUT2D eigenvalue weighted by molar-refractivity contribution is 8.00. The summed E-state index contributed by atoms with van der Waals surface area (Å²) in [5, 5.41) is 14.5. The highest BCUT2D eigenvalue weighted by Gasteiger charge is 2.55. The summed E-state index contributed by atoms with van der Waals surface area (Å²) in [6.07, 6.45) is -9.40. The average molecular weight is 715 g/mol. The topological polar surface area (TPSA) is 211 Å². The first kappa shape index (κ1) is 35.2. The van der Waals surface area contributed by atoms with Crippen molar-refractivity contribution in [3.8, 4) is 0 Å². The Morgan fingerprint density at radius 3 is 2.49 bits per heavy atom. The Morgan fingerprint density at radius 2 is 1.89 bits per heavy atom. The lowest BCUT2D eigenvalue weighted by atomic mass is 9.98. The summed E-state index contributed by atoms with van der Waals surface area (Å²) >= 11 is 1.72. The molecule has 0 aromatic carbocycles. The van der Waals surface area contributed by atoms with Crippen LogP contribution in [0.1, 0.15) is 18.5 Å². The molecule has 4 N–H and O–H groups in total. The van der Waals surface area contributed by atoms with E-state index in [-0.39, 0.29) is 47.1 Å². The summed E-state index contributed by atoms with van der Waals surface area (Å²) in [6, 6.07) is -1.48. The smallest absolute Gasteiger partial charge is 0.479 e. The zero-order valence-electron chi connectivity index (χ0n) is 23.2. The number of aromatic nitrogens is 1. The number of nitrogens with two attached hydrogens (primary N) is 1. The summed E-state index contributed by atoms with van der Waals surface area (Å²) in [5.41, 5.74) is 3.34. The first-order valence-corrected chi connectivity index (χ1v) is 14.8.